The summed E-state index contributed by atoms with van der Waals surface area (Å²) < 4.78 is 40.0. The second-order valence-electron chi connectivity index (χ2n) is 6.67. The Bertz CT molecular complexity index is 660. The molecule has 6 nitrogen and oxygen atoms in total. The standard InChI is InChI=1S/C17H21F2IN2O4/c1-25-10-17(24)2-4-21(5-3-17)15-13(18)6-11(7-14(15)19)22-9-12(8-20)26-16(22)23/h6-7,12,24H,2-5,8-10H2,1H3. The van der Waals surface area contributed by atoms with E-state index in [1.807, 2.05) is 0 Å². The fourth-order valence-corrected chi connectivity index (χ4v) is 3.84. The van der Waals surface area contributed by atoms with E-state index in [-0.39, 0.29) is 30.6 Å². The number of hydrogen-bond donors (Lipinski definition) is 1. The van der Waals surface area contributed by atoms with Crippen molar-refractivity contribution in [2.45, 2.75) is 24.5 Å². The van der Waals surface area contributed by atoms with Crippen molar-refractivity contribution in [1.82, 2.24) is 0 Å². The van der Waals surface area contributed by atoms with Gasteiger partial charge in [-0.3, -0.25) is 4.90 Å². The van der Waals surface area contributed by atoms with E-state index in [2.05, 4.69) is 22.6 Å². The quantitative estimate of drug-likeness (QED) is 0.517. The number of hydrogen-bond acceptors (Lipinski definition) is 5. The molecule has 1 aromatic rings. The van der Waals surface area contributed by atoms with Crippen molar-refractivity contribution in [2.75, 3.05) is 47.6 Å². The summed E-state index contributed by atoms with van der Waals surface area (Å²) in [5, 5.41) is 10.3. The lowest BCUT2D eigenvalue weighted by molar-refractivity contribution is -0.0473. The van der Waals surface area contributed by atoms with Crippen molar-refractivity contribution in [3.8, 4) is 0 Å². The Morgan fingerprint density at radius 3 is 2.46 bits per heavy atom. The normalized spacial score (nSPS) is 22.7. The predicted molar refractivity (Wildman–Crippen MR) is 101 cm³/mol. The number of piperidine rings is 1. The highest BCUT2D eigenvalue weighted by Gasteiger charge is 2.36. The molecule has 1 atom stereocenters. The predicted octanol–water partition coefficient (Wildman–Crippen LogP) is 2.70. The number of aliphatic hydroxyl groups is 1. The minimum Gasteiger partial charge on any atom is -0.443 e. The molecule has 0 aromatic heterocycles. The molecule has 26 heavy (non-hydrogen) atoms. The molecular formula is C17H21F2IN2O4. The molecule has 0 bridgehead atoms. The molecule has 0 radical (unpaired) electrons. The molecule has 1 amide bonds. The van der Waals surface area contributed by atoms with E-state index >= 15 is 0 Å². The molecule has 144 valence electrons. The zero-order chi connectivity index (χ0) is 18.9. The van der Waals surface area contributed by atoms with Crippen LogP contribution in [0, 0.1) is 11.6 Å². The van der Waals surface area contributed by atoms with Gasteiger partial charge in [0.25, 0.3) is 0 Å². The number of nitrogens with zero attached hydrogens (tertiary/aromatic N) is 2. The average Bonchev–Trinajstić information content (AvgIpc) is 2.97. The Hall–Kier alpha value is -1.20. The number of amides is 1. The molecule has 3 rings (SSSR count). The highest BCUT2D eigenvalue weighted by Crippen LogP contribution is 2.34. The van der Waals surface area contributed by atoms with Gasteiger partial charge in [0.1, 0.15) is 11.8 Å². The van der Waals surface area contributed by atoms with Crippen LogP contribution in [-0.4, -0.2) is 60.7 Å². The van der Waals surface area contributed by atoms with Crippen LogP contribution in [0.2, 0.25) is 0 Å². The summed E-state index contributed by atoms with van der Waals surface area (Å²) in [5.74, 6) is -1.47. The summed E-state index contributed by atoms with van der Waals surface area (Å²) in [7, 11) is 1.51. The van der Waals surface area contributed by atoms with Crippen molar-refractivity contribution in [3.05, 3.63) is 23.8 Å². The first-order chi connectivity index (χ1) is 12.4. The lowest BCUT2D eigenvalue weighted by Gasteiger charge is -2.39. The van der Waals surface area contributed by atoms with Gasteiger partial charge in [-0.2, -0.15) is 0 Å². The van der Waals surface area contributed by atoms with Gasteiger partial charge in [0, 0.05) is 36.8 Å². The van der Waals surface area contributed by atoms with Gasteiger partial charge in [0.05, 0.1) is 24.4 Å². The number of rotatable bonds is 5. The number of methoxy groups -OCH3 is 1. The highest BCUT2D eigenvalue weighted by molar-refractivity contribution is 14.1. The van der Waals surface area contributed by atoms with E-state index in [0.717, 1.165) is 12.1 Å². The van der Waals surface area contributed by atoms with E-state index in [0.29, 0.717) is 30.4 Å². The molecule has 2 aliphatic heterocycles. The molecule has 1 aromatic carbocycles. The zero-order valence-corrected chi connectivity index (χ0v) is 16.5. The molecule has 1 N–H and O–H groups in total. The van der Waals surface area contributed by atoms with Gasteiger partial charge >= 0.3 is 6.09 Å². The van der Waals surface area contributed by atoms with Gasteiger partial charge in [-0.25, -0.2) is 13.6 Å². The number of carbonyl (C=O) groups excluding carboxylic acids is 1. The number of carbonyl (C=O) groups is 1. The molecule has 0 spiro atoms. The van der Waals surface area contributed by atoms with Crippen LogP contribution in [0.15, 0.2) is 12.1 Å². The van der Waals surface area contributed by atoms with Crippen LogP contribution in [-0.2, 0) is 9.47 Å². The summed E-state index contributed by atoms with van der Waals surface area (Å²) in [6.07, 6.45) is -0.163. The smallest absolute Gasteiger partial charge is 0.414 e. The summed E-state index contributed by atoms with van der Waals surface area (Å²) in [4.78, 5) is 14.7. The molecule has 0 saturated carbocycles. The lowest BCUT2D eigenvalue weighted by atomic mass is 9.92. The fraction of sp³-hybridized carbons (Fsp3) is 0.588. The molecule has 0 aliphatic carbocycles. The van der Waals surface area contributed by atoms with Crippen LogP contribution in [0.5, 0.6) is 0 Å². The molecule has 2 saturated heterocycles. The van der Waals surface area contributed by atoms with Crippen molar-refractivity contribution < 1.29 is 28.2 Å². The van der Waals surface area contributed by atoms with Crippen LogP contribution in [0.3, 0.4) is 0 Å². The second kappa shape index (κ2) is 7.81. The Labute approximate surface area is 164 Å². The molecule has 2 fully saturated rings. The first-order valence-electron chi connectivity index (χ1n) is 8.36. The van der Waals surface area contributed by atoms with Gasteiger partial charge < -0.3 is 19.5 Å². The van der Waals surface area contributed by atoms with E-state index in [1.165, 1.54) is 12.0 Å². The SMILES string of the molecule is COCC1(O)CCN(c2c(F)cc(N3CC(CI)OC3=O)cc2F)CC1. The maximum absolute atomic E-state index is 14.6. The maximum Gasteiger partial charge on any atom is 0.414 e. The van der Waals surface area contributed by atoms with E-state index in [1.54, 1.807) is 4.90 Å². The molecule has 1 unspecified atom stereocenters. The van der Waals surface area contributed by atoms with E-state index in [4.69, 9.17) is 9.47 Å². The first kappa shape index (κ1) is 19.6. The molecule has 9 heteroatoms. The van der Waals surface area contributed by atoms with Gasteiger partial charge in [-0.05, 0) is 12.8 Å². The fourth-order valence-electron chi connectivity index (χ4n) is 3.38. The second-order valence-corrected chi connectivity index (χ2v) is 7.55. The third kappa shape index (κ3) is 3.89. The van der Waals surface area contributed by atoms with Crippen LogP contribution in [0.1, 0.15) is 12.8 Å². The zero-order valence-electron chi connectivity index (χ0n) is 14.4. The van der Waals surface area contributed by atoms with Crippen LogP contribution >= 0.6 is 22.6 Å². The minimum atomic E-state index is -0.966. The van der Waals surface area contributed by atoms with Crippen LogP contribution < -0.4 is 9.80 Å². The van der Waals surface area contributed by atoms with Gasteiger partial charge in [-0.1, -0.05) is 22.6 Å². The molecule has 2 aliphatic rings. The Balaban J connectivity index is 1.78. The number of ether oxygens (including phenoxy) is 2. The monoisotopic (exact) mass is 482 g/mol. The minimum absolute atomic E-state index is 0.133. The Kier molecular flexibility index (Phi) is 5.88. The summed E-state index contributed by atoms with van der Waals surface area (Å²) in [5.41, 5.74) is -0.952. The van der Waals surface area contributed by atoms with Crippen molar-refractivity contribution in [2.24, 2.45) is 0 Å². The number of cyclic esters (lactones) is 1. The summed E-state index contributed by atoms with van der Waals surface area (Å²) >= 11 is 2.10. The molecular weight excluding hydrogens is 461 g/mol. The van der Waals surface area contributed by atoms with Gasteiger partial charge in [0.2, 0.25) is 0 Å². The Morgan fingerprint density at radius 1 is 1.35 bits per heavy atom. The maximum atomic E-state index is 14.6. The molecule has 2 heterocycles. The van der Waals surface area contributed by atoms with Gasteiger partial charge in [-0.15, -0.1) is 0 Å². The highest BCUT2D eigenvalue weighted by atomic mass is 127. The van der Waals surface area contributed by atoms with Crippen molar-refractivity contribution >= 4 is 40.1 Å². The topological polar surface area (TPSA) is 62.2 Å². The number of anilines is 2. The van der Waals surface area contributed by atoms with Crippen LogP contribution in [0.4, 0.5) is 25.0 Å². The largest absolute Gasteiger partial charge is 0.443 e. The lowest BCUT2D eigenvalue weighted by Crippen LogP contribution is -2.47. The van der Waals surface area contributed by atoms with E-state index < -0.39 is 23.3 Å². The first-order valence-corrected chi connectivity index (χ1v) is 9.89. The summed E-state index contributed by atoms with van der Waals surface area (Å²) in [6, 6.07) is 2.32. The summed E-state index contributed by atoms with van der Waals surface area (Å²) in [6.45, 7) is 1.10. The van der Waals surface area contributed by atoms with Gasteiger partial charge in [0.15, 0.2) is 11.6 Å². The Morgan fingerprint density at radius 2 is 1.96 bits per heavy atom. The third-order valence-corrected chi connectivity index (χ3v) is 5.77. The number of halogens is 3. The van der Waals surface area contributed by atoms with Crippen molar-refractivity contribution in [3.63, 3.8) is 0 Å². The number of alkyl halides is 1. The average molecular weight is 482 g/mol. The third-order valence-electron chi connectivity index (χ3n) is 4.78. The van der Waals surface area contributed by atoms with Crippen LogP contribution in [0.25, 0.3) is 0 Å². The van der Waals surface area contributed by atoms with E-state index in [9.17, 15) is 18.7 Å². The number of benzene rings is 1. The van der Waals surface area contributed by atoms with Crippen molar-refractivity contribution in [1.29, 1.82) is 0 Å².